The largest absolute Gasteiger partial charge is 0.480 e. The van der Waals surface area contributed by atoms with Crippen molar-refractivity contribution in [2.75, 3.05) is 18.6 Å². The van der Waals surface area contributed by atoms with Gasteiger partial charge in [-0.15, -0.1) is 0 Å². The second kappa shape index (κ2) is 13.7. The fourth-order valence-electron chi connectivity index (χ4n) is 3.81. The van der Waals surface area contributed by atoms with Crippen molar-refractivity contribution in [3.8, 4) is 0 Å². The van der Waals surface area contributed by atoms with E-state index in [0.29, 0.717) is 37.3 Å². The average Bonchev–Trinajstić information content (AvgIpc) is 3.50. The minimum absolute atomic E-state index is 0.155. The number of thioether (sulfide) groups is 1. The number of primary amides is 1. The fraction of sp³-hybridized carbons (Fsp3) is 0.619. The maximum Gasteiger partial charge on any atom is 0.326 e. The van der Waals surface area contributed by atoms with E-state index >= 15 is 0 Å². The van der Waals surface area contributed by atoms with Crippen LogP contribution in [0.5, 0.6) is 0 Å². The number of hydrogen-bond acceptors (Lipinski definition) is 8. The number of nitrogens with two attached hydrogens (primary N) is 2. The molecule has 0 radical (unpaired) electrons. The number of hydrogen-bond donors (Lipinski definition) is 6. The molecule has 4 atom stereocenters. The van der Waals surface area contributed by atoms with Gasteiger partial charge in [-0.05, 0) is 37.7 Å². The van der Waals surface area contributed by atoms with Gasteiger partial charge in [-0.3, -0.25) is 19.2 Å². The van der Waals surface area contributed by atoms with Crippen molar-refractivity contribution >= 4 is 41.4 Å². The summed E-state index contributed by atoms with van der Waals surface area (Å²) in [5, 5.41) is 14.5. The van der Waals surface area contributed by atoms with Crippen LogP contribution in [0.1, 0.15) is 37.8 Å². The van der Waals surface area contributed by atoms with Crippen LogP contribution in [0.2, 0.25) is 0 Å². The number of aromatic amines is 1. The van der Waals surface area contributed by atoms with E-state index < -0.39 is 53.8 Å². The van der Waals surface area contributed by atoms with Crippen molar-refractivity contribution in [3.05, 3.63) is 18.2 Å². The Kier molecular flexibility index (Phi) is 11.0. The number of carboxylic acids is 1. The normalized spacial score (nSPS) is 17.9. The highest BCUT2D eigenvalue weighted by Gasteiger charge is 2.39. The van der Waals surface area contributed by atoms with Crippen LogP contribution in [0.15, 0.2) is 12.5 Å². The van der Waals surface area contributed by atoms with Gasteiger partial charge in [0.05, 0.1) is 12.4 Å². The molecule has 2 rings (SSSR count). The van der Waals surface area contributed by atoms with Crippen LogP contribution in [-0.4, -0.2) is 92.3 Å². The van der Waals surface area contributed by atoms with Crippen molar-refractivity contribution in [3.63, 3.8) is 0 Å². The Balaban J connectivity index is 2.06. The number of carbonyl (C=O) groups excluding carboxylic acids is 4. The second-order valence-electron chi connectivity index (χ2n) is 8.32. The third-order valence-electron chi connectivity index (χ3n) is 5.69. The molecule has 1 aromatic rings. The third kappa shape index (κ3) is 8.55. The summed E-state index contributed by atoms with van der Waals surface area (Å²) in [7, 11) is 0. The van der Waals surface area contributed by atoms with E-state index in [-0.39, 0.29) is 19.3 Å². The van der Waals surface area contributed by atoms with Crippen molar-refractivity contribution < 1.29 is 29.1 Å². The van der Waals surface area contributed by atoms with Gasteiger partial charge in [-0.2, -0.15) is 11.8 Å². The van der Waals surface area contributed by atoms with Gasteiger partial charge in [0.25, 0.3) is 0 Å². The number of carbonyl (C=O) groups is 5. The topological polar surface area (TPSA) is 214 Å². The molecule has 194 valence electrons. The molecule has 0 spiro atoms. The zero-order valence-corrected chi connectivity index (χ0v) is 20.4. The molecule has 13 nitrogen and oxygen atoms in total. The summed E-state index contributed by atoms with van der Waals surface area (Å²) >= 11 is 1.51. The number of amides is 4. The van der Waals surface area contributed by atoms with Crippen molar-refractivity contribution in [1.29, 1.82) is 0 Å². The van der Waals surface area contributed by atoms with Crippen LogP contribution in [-0.2, 0) is 30.4 Å². The predicted octanol–water partition coefficient (Wildman–Crippen LogP) is -1.66. The zero-order valence-electron chi connectivity index (χ0n) is 19.6. The van der Waals surface area contributed by atoms with Gasteiger partial charge < -0.3 is 37.1 Å². The smallest absolute Gasteiger partial charge is 0.326 e. The minimum Gasteiger partial charge on any atom is -0.480 e. The molecule has 0 bridgehead atoms. The third-order valence-corrected chi connectivity index (χ3v) is 6.33. The molecular weight excluding hydrogens is 478 g/mol. The number of nitrogens with one attached hydrogen (secondary N) is 3. The monoisotopic (exact) mass is 511 g/mol. The lowest BCUT2D eigenvalue weighted by Crippen LogP contribution is -2.57. The number of likely N-dealkylation sites (tertiary alicyclic amines) is 1. The fourth-order valence-corrected chi connectivity index (χ4v) is 4.28. The first-order valence-corrected chi connectivity index (χ1v) is 12.7. The Labute approximate surface area is 207 Å². The van der Waals surface area contributed by atoms with Gasteiger partial charge in [0.15, 0.2) is 0 Å². The minimum atomic E-state index is -1.31. The summed E-state index contributed by atoms with van der Waals surface area (Å²) in [5.74, 6) is -2.95. The first-order valence-electron chi connectivity index (χ1n) is 11.3. The zero-order chi connectivity index (χ0) is 26.0. The summed E-state index contributed by atoms with van der Waals surface area (Å²) in [6, 6.07) is -3.98. The number of H-pyrrole nitrogens is 1. The molecule has 35 heavy (non-hydrogen) atoms. The Morgan fingerprint density at radius 2 is 2.00 bits per heavy atom. The lowest BCUT2D eigenvalue weighted by Gasteiger charge is -2.30. The van der Waals surface area contributed by atoms with Gasteiger partial charge in [0.2, 0.25) is 23.6 Å². The van der Waals surface area contributed by atoms with Crippen LogP contribution >= 0.6 is 11.8 Å². The van der Waals surface area contributed by atoms with Gasteiger partial charge in [0.1, 0.15) is 18.1 Å². The quantitative estimate of drug-likeness (QED) is 0.168. The number of nitrogens with zero attached hydrogens (tertiary/aromatic N) is 2. The molecular formula is C21H33N7O6S. The highest BCUT2D eigenvalue weighted by Crippen LogP contribution is 2.20. The Bertz CT molecular complexity index is 897. The first kappa shape index (κ1) is 28.1. The molecule has 0 aliphatic carbocycles. The van der Waals surface area contributed by atoms with Gasteiger partial charge in [-0.1, -0.05) is 0 Å². The molecule has 1 saturated heterocycles. The lowest BCUT2D eigenvalue weighted by molar-refractivity contribution is -0.145. The number of rotatable bonds is 14. The molecule has 1 fully saturated rings. The van der Waals surface area contributed by atoms with Crippen molar-refractivity contribution in [2.45, 2.75) is 62.7 Å². The molecule has 0 saturated carbocycles. The summed E-state index contributed by atoms with van der Waals surface area (Å²) in [4.78, 5) is 69.5. The van der Waals surface area contributed by atoms with Gasteiger partial charge >= 0.3 is 5.97 Å². The summed E-state index contributed by atoms with van der Waals surface area (Å²) in [6.45, 7) is 0.293. The standard InChI is InChI=1S/C21H33N7O6S/c1-35-8-6-14(26-18(30)13(22)9-12-10-24-11-25-12)20(32)28-7-2-3-16(28)19(31)27-15(21(33)34)4-5-17(23)29/h10-11,13-16H,2-9,22H2,1H3,(H2,23,29)(H,24,25)(H,26,30)(H,27,31)(H,33,34). The van der Waals surface area contributed by atoms with E-state index in [1.807, 2.05) is 6.26 Å². The second-order valence-corrected chi connectivity index (χ2v) is 9.31. The Morgan fingerprint density at radius 3 is 2.60 bits per heavy atom. The van der Waals surface area contributed by atoms with Crippen molar-refractivity contribution in [1.82, 2.24) is 25.5 Å². The van der Waals surface area contributed by atoms with Crippen LogP contribution in [0.3, 0.4) is 0 Å². The summed E-state index contributed by atoms with van der Waals surface area (Å²) in [5.41, 5.74) is 11.8. The maximum atomic E-state index is 13.4. The summed E-state index contributed by atoms with van der Waals surface area (Å²) < 4.78 is 0. The average molecular weight is 512 g/mol. The van der Waals surface area contributed by atoms with Crippen molar-refractivity contribution in [2.24, 2.45) is 11.5 Å². The number of imidazole rings is 1. The maximum absolute atomic E-state index is 13.4. The van der Waals surface area contributed by atoms with E-state index in [9.17, 15) is 29.1 Å². The van der Waals surface area contributed by atoms with Gasteiger partial charge in [-0.25, -0.2) is 9.78 Å². The molecule has 8 N–H and O–H groups in total. The molecule has 4 amide bonds. The van der Waals surface area contributed by atoms with E-state index in [2.05, 4.69) is 20.6 Å². The van der Waals surface area contributed by atoms with Crippen LogP contribution < -0.4 is 22.1 Å². The molecule has 0 aromatic carbocycles. The van der Waals surface area contributed by atoms with Crippen LogP contribution in [0.4, 0.5) is 0 Å². The molecule has 14 heteroatoms. The lowest BCUT2D eigenvalue weighted by atomic mass is 10.1. The molecule has 2 heterocycles. The number of carboxylic acid groups (broad SMARTS) is 1. The molecule has 1 aliphatic heterocycles. The van der Waals surface area contributed by atoms with Gasteiger partial charge in [0, 0.05) is 31.3 Å². The van der Waals surface area contributed by atoms with E-state index in [1.54, 1.807) is 6.20 Å². The summed E-state index contributed by atoms with van der Waals surface area (Å²) in [6.07, 6.45) is 6.00. The molecule has 4 unspecified atom stereocenters. The first-order chi connectivity index (χ1) is 16.6. The number of aliphatic carboxylic acids is 1. The Morgan fingerprint density at radius 1 is 1.26 bits per heavy atom. The van der Waals surface area contributed by atoms with E-state index in [1.165, 1.54) is 23.0 Å². The van der Waals surface area contributed by atoms with E-state index in [4.69, 9.17) is 11.5 Å². The van der Waals surface area contributed by atoms with E-state index in [0.717, 1.165) is 0 Å². The predicted molar refractivity (Wildman–Crippen MR) is 128 cm³/mol. The van der Waals surface area contributed by atoms with Crippen LogP contribution in [0, 0.1) is 0 Å². The highest BCUT2D eigenvalue weighted by molar-refractivity contribution is 7.98. The molecule has 1 aromatic heterocycles. The SMILES string of the molecule is CSCCC(NC(=O)C(N)Cc1cnc[nH]1)C(=O)N1CCCC1C(=O)NC(CCC(N)=O)C(=O)O. The van der Waals surface area contributed by atoms with Crippen LogP contribution in [0.25, 0.3) is 0 Å². The Hall–Kier alpha value is -3.13. The molecule has 1 aliphatic rings. The highest BCUT2D eigenvalue weighted by atomic mass is 32.2. The number of aromatic nitrogens is 2.